The Morgan fingerprint density at radius 1 is 1.03 bits per heavy atom. The van der Waals surface area contributed by atoms with Crippen molar-refractivity contribution in [3.63, 3.8) is 0 Å². The fourth-order valence-electron chi connectivity index (χ4n) is 8.53. The van der Waals surface area contributed by atoms with Crippen molar-refractivity contribution in [1.82, 2.24) is 0 Å². The van der Waals surface area contributed by atoms with Gasteiger partial charge < -0.3 is 4.74 Å². The molecule has 0 aromatic carbocycles. The van der Waals surface area contributed by atoms with Gasteiger partial charge in [0.15, 0.2) is 0 Å². The minimum Gasteiger partial charge on any atom is -0.378 e. The van der Waals surface area contributed by atoms with Crippen LogP contribution in [0.5, 0.6) is 0 Å². The standard InChI is InChI=1S/C28H48O/c1-6-29-23-15-17-28(5)22(19-23)11-13-24-25-14-12-21(10-8-7-9-20(2)3)27(25,4)18-16-26(24)28/h11,20-21,23-26H,6-10,12-19H2,1-5H3. The first-order chi connectivity index (χ1) is 13.9. The summed E-state index contributed by atoms with van der Waals surface area (Å²) >= 11 is 0. The lowest BCUT2D eigenvalue weighted by Crippen LogP contribution is -2.50. The van der Waals surface area contributed by atoms with E-state index in [0.717, 1.165) is 36.2 Å². The van der Waals surface area contributed by atoms with E-state index in [9.17, 15) is 0 Å². The molecule has 0 N–H and O–H groups in total. The van der Waals surface area contributed by atoms with Crippen LogP contribution >= 0.6 is 0 Å². The molecule has 1 nitrogen and oxygen atoms in total. The molecule has 0 aliphatic heterocycles. The summed E-state index contributed by atoms with van der Waals surface area (Å²) < 4.78 is 6.03. The topological polar surface area (TPSA) is 9.23 Å². The Bertz CT molecular complexity index is 591. The third-order valence-corrected chi connectivity index (χ3v) is 10.2. The van der Waals surface area contributed by atoms with E-state index < -0.39 is 0 Å². The molecule has 1 heteroatoms. The maximum absolute atomic E-state index is 6.03. The van der Waals surface area contributed by atoms with Gasteiger partial charge in [0, 0.05) is 6.61 Å². The smallest absolute Gasteiger partial charge is 0.0612 e. The lowest BCUT2D eigenvalue weighted by molar-refractivity contribution is -0.0577. The van der Waals surface area contributed by atoms with Gasteiger partial charge in [-0.15, -0.1) is 0 Å². The first-order valence-electron chi connectivity index (χ1n) is 13.2. The van der Waals surface area contributed by atoms with Gasteiger partial charge in [-0.25, -0.2) is 0 Å². The molecule has 0 heterocycles. The number of fused-ring (bicyclic) bond motifs is 5. The summed E-state index contributed by atoms with van der Waals surface area (Å²) in [6, 6.07) is 0. The zero-order chi connectivity index (χ0) is 20.6. The van der Waals surface area contributed by atoms with Crippen LogP contribution in [0.4, 0.5) is 0 Å². The molecule has 0 spiro atoms. The molecule has 166 valence electrons. The molecule has 3 fully saturated rings. The molecular formula is C28H48O. The van der Waals surface area contributed by atoms with E-state index in [-0.39, 0.29) is 0 Å². The SMILES string of the molecule is CCOC1CCC2(C)C(=CCC3C2CCC2(C)C(CCCCC(C)C)CCC32)C1. The Labute approximate surface area is 181 Å². The average molecular weight is 401 g/mol. The molecule has 4 aliphatic carbocycles. The lowest BCUT2D eigenvalue weighted by Gasteiger charge is -2.58. The van der Waals surface area contributed by atoms with Crippen molar-refractivity contribution in [2.24, 2.45) is 40.4 Å². The highest BCUT2D eigenvalue weighted by Gasteiger charge is 2.58. The number of allylic oxidation sites excluding steroid dienone is 1. The van der Waals surface area contributed by atoms with Crippen molar-refractivity contribution in [2.45, 2.75) is 118 Å². The van der Waals surface area contributed by atoms with Gasteiger partial charge in [-0.3, -0.25) is 0 Å². The molecule has 3 saturated carbocycles. The van der Waals surface area contributed by atoms with Crippen LogP contribution in [-0.4, -0.2) is 12.7 Å². The summed E-state index contributed by atoms with van der Waals surface area (Å²) in [5, 5.41) is 0. The maximum atomic E-state index is 6.03. The van der Waals surface area contributed by atoms with Crippen LogP contribution in [-0.2, 0) is 4.74 Å². The van der Waals surface area contributed by atoms with E-state index >= 15 is 0 Å². The molecule has 0 saturated heterocycles. The van der Waals surface area contributed by atoms with E-state index in [4.69, 9.17) is 4.74 Å². The number of hydrogen-bond donors (Lipinski definition) is 0. The van der Waals surface area contributed by atoms with Gasteiger partial charge in [0.25, 0.3) is 0 Å². The van der Waals surface area contributed by atoms with Gasteiger partial charge in [-0.1, -0.05) is 58.6 Å². The first kappa shape index (κ1) is 21.9. The van der Waals surface area contributed by atoms with Gasteiger partial charge in [-0.2, -0.15) is 0 Å². The van der Waals surface area contributed by atoms with Gasteiger partial charge in [0.05, 0.1) is 6.10 Å². The van der Waals surface area contributed by atoms with Gasteiger partial charge in [0.1, 0.15) is 0 Å². The van der Waals surface area contributed by atoms with Crippen molar-refractivity contribution in [3.8, 4) is 0 Å². The second-order valence-corrected chi connectivity index (χ2v) is 12.1. The van der Waals surface area contributed by atoms with E-state index in [0.29, 0.717) is 16.9 Å². The van der Waals surface area contributed by atoms with E-state index in [1.807, 2.05) is 0 Å². The molecule has 0 amide bonds. The quantitative estimate of drug-likeness (QED) is 0.309. The summed E-state index contributed by atoms with van der Waals surface area (Å²) in [5.41, 5.74) is 2.89. The predicted octanol–water partition coefficient (Wildman–Crippen LogP) is 8.19. The summed E-state index contributed by atoms with van der Waals surface area (Å²) in [4.78, 5) is 0. The summed E-state index contributed by atoms with van der Waals surface area (Å²) in [6.45, 7) is 13.1. The first-order valence-corrected chi connectivity index (χ1v) is 13.2. The third kappa shape index (κ3) is 3.99. The normalized spacial score (nSPS) is 44.2. The van der Waals surface area contributed by atoms with E-state index in [2.05, 4.69) is 40.7 Å². The van der Waals surface area contributed by atoms with Crippen molar-refractivity contribution < 1.29 is 4.74 Å². The van der Waals surface area contributed by atoms with Crippen molar-refractivity contribution in [3.05, 3.63) is 11.6 Å². The largest absolute Gasteiger partial charge is 0.378 e. The van der Waals surface area contributed by atoms with Gasteiger partial charge >= 0.3 is 0 Å². The predicted molar refractivity (Wildman–Crippen MR) is 124 cm³/mol. The monoisotopic (exact) mass is 400 g/mol. The summed E-state index contributed by atoms with van der Waals surface area (Å²) in [7, 11) is 0. The highest BCUT2D eigenvalue weighted by Crippen LogP contribution is 2.66. The molecule has 7 atom stereocenters. The highest BCUT2D eigenvalue weighted by atomic mass is 16.5. The highest BCUT2D eigenvalue weighted by molar-refractivity contribution is 5.25. The minimum absolute atomic E-state index is 0.479. The zero-order valence-corrected chi connectivity index (χ0v) is 20.1. The maximum Gasteiger partial charge on any atom is 0.0612 e. The Kier molecular flexibility index (Phi) is 6.56. The van der Waals surface area contributed by atoms with Crippen LogP contribution in [0.2, 0.25) is 0 Å². The van der Waals surface area contributed by atoms with Crippen molar-refractivity contribution >= 4 is 0 Å². The molecule has 4 aliphatic rings. The van der Waals surface area contributed by atoms with Crippen LogP contribution < -0.4 is 0 Å². The molecule has 0 aromatic heterocycles. The van der Waals surface area contributed by atoms with Crippen LogP contribution in [0.25, 0.3) is 0 Å². The van der Waals surface area contributed by atoms with Crippen molar-refractivity contribution in [2.75, 3.05) is 6.61 Å². The third-order valence-electron chi connectivity index (χ3n) is 10.2. The number of ether oxygens (including phenoxy) is 1. The second kappa shape index (κ2) is 8.68. The summed E-state index contributed by atoms with van der Waals surface area (Å²) in [5.74, 6) is 4.79. The van der Waals surface area contributed by atoms with E-state index in [1.165, 1.54) is 77.0 Å². The Morgan fingerprint density at radius 3 is 2.62 bits per heavy atom. The number of rotatable bonds is 7. The fraction of sp³-hybridized carbons (Fsp3) is 0.929. The van der Waals surface area contributed by atoms with Crippen LogP contribution in [0, 0.1) is 40.4 Å². The Morgan fingerprint density at radius 2 is 1.86 bits per heavy atom. The number of unbranched alkanes of at least 4 members (excludes halogenated alkanes) is 1. The summed E-state index contributed by atoms with van der Waals surface area (Å²) in [6.07, 6.45) is 20.3. The molecule has 0 aromatic rings. The lowest BCUT2D eigenvalue weighted by atomic mass is 9.47. The van der Waals surface area contributed by atoms with Gasteiger partial charge in [0.2, 0.25) is 0 Å². The molecule has 29 heavy (non-hydrogen) atoms. The second-order valence-electron chi connectivity index (χ2n) is 12.1. The molecule has 7 unspecified atom stereocenters. The van der Waals surface area contributed by atoms with Gasteiger partial charge in [-0.05, 0) is 105 Å². The molecule has 0 radical (unpaired) electrons. The Hall–Kier alpha value is -0.300. The molecule has 4 rings (SSSR count). The number of hydrogen-bond acceptors (Lipinski definition) is 1. The Balaban J connectivity index is 1.44. The van der Waals surface area contributed by atoms with E-state index in [1.54, 1.807) is 5.57 Å². The minimum atomic E-state index is 0.479. The molecular weight excluding hydrogens is 352 g/mol. The van der Waals surface area contributed by atoms with Crippen LogP contribution in [0.15, 0.2) is 11.6 Å². The van der Waals surface area contributed by atoms with Crippen molar-refractivity contribution in [1.29, 1.82) is 0 Å². The van der Waals surface area contributed by atoms with Crippen LogP contribution in [0.1, 0.15) is 112 Å². The zero-order valence-electron chi connectivity index (χ0n) is 20.1. The molecule has 0 bridgehead atoms. The average Bonchev–Trinajstić information content (AvgIpc) is 3.02. The fourth-order valence-corrected chi connectivity index (χ4v) is 8.53. The van der Waals surface area contributed by atoms with Crippen LogP contribution in [0.3, 0.4) is 0 Å².